The lowest BCUT2D eigenvalue weighted by atomic mass is 10.3. The molecular formula is C18H23F3N5O2P. The molecule has 3 rings (SSSR count). The largest absolute Gasteiger partial charge is 0.421 e. The molecule has 1 fully saturated rings. The van der Waals surface area contributed by atoms with Gasteiger partial charge in [0, 0.05) is 30.3 Å². The van der Waals surface area contributed by atoms with Crippen molar-refractivity contribution in [3.8, 4) is 0 Å². The Labute approximate surface area is 167 Å². The Balaban J connectivity index is 1.77. The third-order valence-electron chi connectivity index (χ3n) is 4.41. The molecule has 0 radical (unpaired) electrons. The van der Waals surface area contributed by atoms with E-state index in [4.69, 9.17) is 4.74 Å². The summed E-state index contributed by atoms with van der Waals surface area (Å²) in [6.07, 6.45) is -3.81. The monoisotopic (exact) mass is 429 g/mol. The number of hydrogen-bond acceptors (Lipinski definition) is 7. The number of rotatable bonds is 6. The van der Waals surface area contributed by atoms with Crippen LogP contribution in [0.5, 0.6) is 0 Å². The van der Waals surface area contributed by atoms with Gasteiger partial charge in [-0.3, -0.25) is 4.90 Å². The normalized spacial score (nSPS) is 15.9. The predicted molar refractivity (Wildman–Crippen MR) is 107 cm³/mol. The van der Waals surface area contributed by atoms with E-state index in [1.807, 2.05) is 4.90 Å². The zero-order chi connectivity index (χ0) is 21.1. The first-order chi connectivity index (χ1) is 13.6. The van der Waals surface area contributed by atoms with E-state index in [2.05, 4.69) is 20.6 Å². The van der Waals surface area contributed by atoms with Gasteiger partial charge < -0.3 is 19.9 Å². The maximum absolute atomic E-state index is 13.3. The molecule has 0 spiro atoms. The van der Waals surface area contributed by atoms with Crippen molar-refractivity contribution in [3.63, 3.8) is 0 Å². The standard InChI is InChI=1S/C18H23F3N5O2P/c1-29(2,27)14-5-3-13(4-6-14)24-17-22-11-15(18(19,20)21)16(25-17)23-12-26-7-9-28-10-8-26/h3-6,11H,7-10,12H2,1-2H3,(H2,22,23,24,25). The van der Waals surface area contributed by atoms with Crippen LogP contribution < -0.4 is 15.9 Å². The summed E-state index contributed by atoms with van der Waals surface area (Å²) in [5, 5.41) is 6.37. The Bertz CT molecular complexity index is 880. The molecule has 29 heavy (non-hydrogen) atoms. The quantitative estimate of drug-likeness (QED) is 0.683. The van der Waals surface area contributed by atoms with E-state index in [9.17, 15) is 17.7 Å². The van der Waals surface area contributed by atoms with Gasteiger partial charge in [-0.25, -0.2) is 4.98 Å². The molecule has 0 unspecified atom stereocenters. The molecule has 11 heteroatoms. The van der Waals surface area contributed by atoms with Crippen LogP contribution in [0.1, 0.15) is 5.56 Å². The molecule has 2 N–H and O–H groups in total. The average molecular weight is 429 g/mol. The Morgan fingerprint density at radius 2 is 1.83 bits per heavy atom. The van der Waals surface area contributed by atoms with Crippen molar-refractivity contribution in [3.05, 3.63) is 36.0 Å². The smallest absolute Gasteiger partial charge is 0.379 e. The molecule has 1 aliphatic heterocycles. The van der Waals surface area contributed by atoms with Crippen LogP contribution in [0, 0.1) is 0 Å². The highest BCUT2D eigenvalue weighted by molar-refractivity contribution is 7.70. The first-order valence-electron chi connectivity index (χ1n) is 9.04. The van der Waals surface area contributed by atoms with Gasteiger partial charge in [0.05, 0.1) is 19.9 Å². The summed E-state index contributed by atoms with van der Waals surface area (Å²) in [6, 6.07) is 6.81. The molecule has 1 saturated heterocycles. The summed E-state index contributed by atoms with van der Waals surface area (Å²) in [5.41, 5.74) is -0.342. The van der Waals surface area contributed by atoms with Crippen molar-refractivity contribution in [1.29, 1.82) is 0 Å². The van der Waals surface area contributed by atoms with Crippen LogP contribution in [-0.4, -0.2) is 61.2 Å². The number of ether oxygens (including phenoxy) is 1. The van der Waals surface area contributed by atoms with E-state index in [1.165, 1.54) is 0 Å². The number of benzene rings is 1. The van der Waals surface area contributed by atoms with Crippen LogP contribution in [0.2, 0.25) is 0 Å². The molecule has 0 bridgehead atoms. The number of morpholine rings is 1. The minimum absolute atomic E-state index is 0.0337. The molecular weight excluding hydrogens is 406 g/mol. The predicted octanol–water partition coefficient (Wildman–Crippen LogP) is 3.19. The molecule has 158 valence electrons. The fourth-order valence-electron chi connectivity index (χ4n) is 2.76. The van der Waals surface area contributed by atoms with Crippen LogP contribution in [0.3, 0.4) is 0 Å². The summed E-state index contributed by atoms with van der Waals surface area (Å²) in [5.74, 6) is -0.254. The number of aromatic nitrogens is 2. The summed E-state index contributed by atoms with van der Waals surface area (Å²) >= 11 is 0. The molecule has 1 aromatic heterocycles. The Morgan fingerprint density at radius 1 is 1.17 bits per heavy atom. The van der Waals surface area contributed by atoms with Crippen molar-refractivity contribution < 1.29 is 22.5 Å². The maximum atomic E-state index is 13.3. The van der Waals surface area contributed by atoms with E-state index < -0.39 is 18.9 Å². The van der Waals surface area contributed by atoms with Crippen molar-refractivity contribution in [2.75, 3.05) is 56.9 Å². The van der Waals surface area contributed by atoms with Crippen LogP contribution in [0.15, 0.2) is 30.5 Å². The number of nitrogens with zero attached hydrogens (tertiary/aromatic N) is 3. The molecule has 7 nitrogen and oxygen atoms in total. The molecule has 0 aliphatic carbocycles. The van der Waals surface area contributed by atoms with Crippen LogP contribution in [0.25, 0.3) is 0 Å². The molecule has 0 saturated carbocycles. The van der Waals surface area contributed by atoms with Crippen LogP contribution in [-0.2, 0) is 15.5 Å². The van der Waals surface area contributed by atoms with E-state index in [0.717, 1.165) is 6.20 Å². The highest BCUT2D eigenvalue weighted by Gasteiger charge is 2.35. The number of halogens is 3. The summed E-state index contributed by atoms with van der Waals surface area (Å²) in [6.45, 7) is 5.92. The fourth-order valence-corrected chi connectivity index (χ4v) is 3.63. The van der Waals surface area contributed by atoms with Gasteiger partial charge in [0.2, 0.25) is 5.95 Å². The zero-order valence-electron chi connectivity index (χ0n) is 16.2. The minimum atomic E-state index is -4.57. The van der Waals surface area contributed by atoms with Crippen LogP contribution >= 0.6 is 7.14 Å². The molecule has 2 aromatic rings. The van der Waals surface area contributed by atoms with Gasteiger partial charge in [0.1, 0.15) is 18.5 Å². The van der Waals surface area contributed by atoms with E-state index in [1.54, 1.807) is 37.6 Å². The second-order valence-corrected chi connectivity index (χ2v) is 10.3. The highest BCUT2D eigenvalue weighted by Crippen LogP contribution is 2.35. The highest BCUT2D eigenvalue weighted by atomic mass is 31.2. The number of alkyl halides is 3. The summed E-state index contributed by atoms with van der Waals surface area (Å²) in [7, 11) is -2.38. The minimum Gasteiger partial charge on any atom is -0.379 e. The Kier molecular flexibility index (Phi) is 6.45. The first kappa shape index (κ1) is 21.5. The second kappa shape index (κ2) is 8.69. The average Bonchev–Trinajstić information content (AvgIpc) is 2.66. The van der Waals surface area contributed by atoms with Gasteiger partial charge in [0.25, 0.3) is 0 Å². The van der Waals surface area contributed by atoms with Gasteiger partial charge in [0.15, 0.2) is 0 Å². The van der Waals surface area contributed by atoms with Crippen molar-refractivity contribution >= 4 is 29.9 Å². The Hall–Kier alpha value is -2.16. The van der Waals surface area contributed by atoms with Gasteiger partial charge in [-0.1, -0.05) is 0 Å². The second-order valence-electron chi connectivity index (χ2n) is 7.04. The maximum Gasteiger partial charge on any atom is 0.421 e. The number of anilines is 3. The van der Waals surface area contributed by atoms with E-state index >= 15 is 0 Å². The van der Waals surface area contributed by atoms with Gasteiger partial charge in [-0.05, 0) is 37.6 Å². The summed E-state index contributed by atoms with van der Waals surface area (Å²) < 4.78 is 57.3. The number of hydrogen-bond donors (Lipinski definition) is 2. The van der Waals surface area contributed by atoms with Crippen molar-refractivity contribution in [1.82, 2.24) is 14.9 Å². The molecule has 1 aromatic carbocycles. The Morgan fingerprint density at radius 3 is 2.41 bits per heavy atom. The molecule has 0 amide bonds. The molecule has 2 heterocycles. The third kappa shape index (κ3) is 5.91. The van der Waals surface area contributed by atoms with Gasteiger partial charge in [-0.2, -0.15) is 18.2 Å². The summed E-state index contributed by atoms with van der Waals surface area (Å²) in [4.78, 5) is 9.77. The molecule has 1 aliphatic rings. The topological polar surface area (TPSA) is 79.4 Å². The third-order valence-corrected chi connectivity index (χ3v) is 5.95. The lowest BCUT2D eigenvalue weighted by Crippen LogP contribution is -2.39. The zero-order valence-corrected chi connectivity index (χ0v) is 17.1. The number of nitrogens with one attached hydrogen (secondary N) is 2. The van der Waals surface area contributed by atoms with Crippen molar-refractivity contribution in [2.24, 2.45) is 0 Å². The first-order valence-corrected chi connectivity index (χ1v) is 11.6. The molecule has 0 atom stereocenters. The fraction of sp³-hybridized carbons (Fsp3) is 0.444. The van der Waals surface area contributed by atoms with Crippen LogP contribution in [0.4, 0.5) is 30.6 Å². The van der Waals surface area contributed by atoms with Gasteiger partial charge >= 0.3 is 6.18 Å². The van der Waals surface area contributed by atoms with E-state index in [0.29, 0.717) is 37.3 Å². The SMILES string of the molecule is CP(C)(=O)c1ccc(Nc2ncc(C(F)(F)F)c(NCN3CCOCC3)n2)cc1. The lowest BCUT2D eigenvalue weighted by Gasteiger charge is -2.27. The lowest BCUT2D eigenvalue weighted by molar-refractivity contribution is -0.137. The van der Waals surface area contributed by atoms with Gasteiger partial charge in [-0.15, -0.1) is 0 Å². The van der Waals surface area contributed by atoms with Crippen molar-refractivity contribution in [2.45, 2.75) is 6.18 Å². The van der Waals surface area contributed by atoms with E-state index in [-0.39, 0.29) is 18.4 Å².